The van der Waals surface area contributed by atoms with Crippen molar-refractivity contribution in [3.05, 3.63) is 63.8 Å². The Bertz CT molecular complexity index is 1220. The van der Waals surface area contributed by atoms with Crippen LogP contribution in [0.4, 0.5) is 4.79 Å². The third kappa shape index (κ3) is 3.42. The van der Waals surface area contributed by atoms with Gasteiger partial charge in [-0.05, 0) is 60.7 Å². The van der Waals surface area contributed by atoms with Crippen molar-refractivity contribution in [3.63, 3.8) is 0 Å². The van der Waals surface area contributed by atoms with Crippen LogP contribution in [0, 0.1) is 0 Å². The number of benzene rings is 2. The summed E-state index contributed by atoms with van der Waals surface area (Å²) in [7, 11) is 0. The number of halogens is 2. The van der Waals surface area contributed by atoms with Crippen LogP contribution in [-0.2, 0) is 15.3 Å². The van der Waals surface area contributed by atoms with E-state index in [9.17, 15) is 9.59 Å². The average molecular weight is 459 g/mol. The van der Waals surface area contributed by atoms with Crippen molar-refractivity contribution in [1.82, 2.24) is 15.8 Å². The molecular formula is C21H16Cl2N4O4. The lowest BCUT2D eigenvalue weighted by molar-refractivity contribution is -0.127. The molecule has 1 atom stereocenters. The van der Waals surface area contributed by atoms with E-state index in [4.69, 9.17) is 33.7 Å². The number of hydroxylamine groups is 1. The van der Waals surface area contributed by atoms with Gasteiger partial charge in [-0.2, -0.15) is 0 Å². The quantitative estimate of drug-likeness (QED) is 0.529. The Balaban J connectivity index is 1.51. The molecule has 1 aliphatic carbocycles. The lowest BCUT2D eigenvalue weighted by Gasteiger charge is -2.24. The van der Waals surface area contributed by atoms with Gasteiger partial charge in [-0.15, -0.1) is 5.48 Å². The Kier molecular flexibility index (Phi) is 4.65. The van der Waals surface area contributed by atoms with E-state index in [0.29, 0.717) is 11.7 Å². The highest BCUT2D eigenvalue weighted by Crippen LogP contribution is 2.44. The zero-order valence-corrected chi connectivity index (χ0v) is 17.5. The lowest BCUT2D eigenvalue weighted by Crippen LogP contribution is -2.56. The van der Waals surface area contributed by atoms with Gasteiger partial charge in [0.2, 0.25) is 5.66 Å². The number of carbonyl (C=O) groups excluding carboxylic acids is 2. The SMILES string of the molecule is NC(=O)C1(c2cc(Cl)c(Oc3ccc4nccc(C5CC5)c4c3)c(Cl)c2)NOC(=O)N1. The van der Waals surface area contributed by atoms with Crippen molar-refractivity contribution in [2.45, 2.75) is 24.4 Å². The molecule has 8 nitrogen and oxygen atoms in total. The molecule has 2 fully saturated rings. The Morgan fingerprint density at radius 2 is 1.94 bits per heavy atom. The monoisotopic (exact) mass is 458 g/mol. The summed E-state index contributed by atoms with van der Waals surface area (Å²) in [6.45, 7) is 0. The number of fused-ring (bicyclic) bond motifs is 1. The highest BCUT2D eigenvalue weighted by atomic mass is 35.5. The van der Waals surface area contributed by atoms with Gasteiger partial charge in [0.25, 0.3) is 5.91 Å². The van der Waals surface area contributed by atoms with Crippen LogP contribution in [0.25, 0.3) is 10.9 Å². The first kappa shape index (κ1) is 19.9. The van der Waals surface area contributed by atoms with E-state index in [1.54, 1.807) is 6.07 Å². The fourth-order valence-corrected chi connectivity index (χ4v) is 4.23. The first-order chi connectivity index (χ1) is 14.9. The van der Waals surface area contributed by atoms with Crippen molar-refractivity contribution in [2.24, 2.45) is 5.73 Å². The number of nitrogens with one attached hydrogen (secondary N) is 2. The minimum absolute atomic E-state index is 0.125. The molecular weight excluding hydrogens is 443 g/mol. The van der Waals surface area contributed by atoms with E-state index in [-0.39, 0.29) is 21.4 Å². The van der Waals surface area contributed by atoms with Crippen molar-refractivity contribution < 1.29 is 19.2 Å². The van der Waals surface area contributed by atoms with Crippen LogP contribution in [0.2, 0.25) is 10.0 Å². The molecule has 1 aromatic heterocycles. The number of ether oxygens (including phenoxy) is 1. The van der Waals surface area contributed by atoms with Gasteiger partial charge in [-0.1, -0.05) is 23.2 Å². The van der Waals surface area contributed by atoms with Crippen LogP contribution < -0.4 is 21.3 Å². The summed E-state index contributed by atoms with van der Waals surface area (Å²) in [5, 5.41) is 3.61. The topological polar surface area (TPSA) is 116 Å². The summed E-state index contributed by atoms with van der Waals surface area (Å²) in [6, 6.07) is 10.5. The van der Waals surface area contributed by atoms with Crippen LogP contribution in [0.3, 0.4) is 0 Å². The maximum atomic E-state index is 12.0. The first-order valence-electron chi connectivity index (χ1n) is 9.49. The van der Waals surface area contributed by atoms with Gasteiger partial charge >= 0.3 is 6.09 Å². The number of pyridine rings is 1. The molecule has 1 saturated carbocycles. The van der Waals surface area contributed by atoms with Crippen molar-refractivity contribution in [2.75, 3.05) is 0 Å². The normalized spacial score (nSPS) is 20.4. The number of nitrogens with zero attached hydrogens (tertiary/aromatic N) is 1. The van der Waals surface area contributed by atoms with Gasteiger partial charge < -0.3 is 15.3 Å². The van der Waals surface area contributed by atoms with Crippen LogP contribution >= 0.6 is 23.2 Å². The van der Waals surface area contributed by atoms with E-state index in [0.717, 1.165) is 10.9 Å². The van der Waals surface area contributed by atoms with E-state index in [1.807, 2.05) is 24.4 Å². The van der Waals surface area contributed by atoms with Crippen LogP contribution in [0.5, 0.6) is 11.5 Å². The van der Waals surface area contributed by atoms with Gasteiger partial charge in [-0.3, -0.25) is 15.1 Å². The molecule has 2 amide bonds. The van der Waals surface area contributed by atoms with Crippen molar-refractivity contribution in [3.8, 4) is 11.5 Å². The predicted molar refractivity (Wildman–Crippen MR) is 114 cm³/mol. The molecule has 1 unspecified atom stereocenters. The second kappa shape index (κ2) is 7.26. The van der Waals surface area contributed by atoms with Crippen LogP contribution in [-0.4, -0.2) is 17.0 Å². The summed E-state index contributed by atoms with van der Waals surface area (Å²) in [5.74, 6) is 0.398. The molecule has 10 heteroatoms. The number of hydrogen-bond acceptors (Lipinski definition) is 6. The van der Waals surface area contributed by atoms with Gasteiger partial charge in [0.15, 0.2) is 5.75 Å². The lowest BCUT2D eigenvalue weighted by atomic mass is 9.99. The van der Waals surface area contributed by atoms with Crippen LogP contribution in [0.15, 0.2) is 42.6 Å². The smallest absolute Gasteiger partial charge is 0.428 e. The van der Waals surface area contributed by atoms with E-state index in [2.05, 4.69) is 20.6 Å². The zero-order chi connectivity index (χ0) is 21.8. The van der Waals surface area contributed by atoms with Crippen molar-refractivity contribution >= 4 is 46.1 Å². The Hall–Kier alpha value is -3.07. The fraction of sp³-hybridized carbons (Fsp3) is 0.190. The Morgan fingerprint density at radius 1 is 1.19 bits per heavy atom. The molecule has 158 valence electrons. The summed E-state index contributed by atoms with van der Waals surface area (Å²) in [6.07, 6.45) is 3.29. The maximum absolute atomic E-state index is 12.0. The summed E-state index contributed by atoms with van der Waals surface area (Å²) < 4.78 is 5.99. The number of carbonyl (C=O) groups is 2. The molecule has 0 bridgehead atoms. The number of hydrogen-bond donors (Lipinski definition) is 3. The summed E-state index contributed by atoms with van der Waals surface area (Å²) in [5.41, 5.74) is 8.30. The third-order valence-electron chi connectivity index (χ3n) is 5.37. The molecule has 4 N–H and O–H groups in total. The molecule has 31 heavy (non-hydrogen) atoms. The third-order valence-corrected chi connectivity index (χ3v) is 5.93. The number of amides is 2. The molecule has 2 heterocycles. The average Bonchev–Trinajstić information content (AvgIpc) is 3.51. The fourth-order valence-electron chi connectivity index (χ4n) is 3.66. The van der Waals surface area contributed by atoms with E-state index in [1.165, 1.54) is 30.5 Å². The van der Waals surface area contributed by atoms with E-state index < -0.39 is 17.7 Å². The molecule has 1 saturated heterocycles. The van der Waals surface area contributed by atoms with Gasteiger partial charge in [-0.25, -0.2) is 4.79 Å². The molecule has 2 aliphatic rings. The maximum Gasteiger partial charge on any atom is 0.428 e. The zero-order valence-electron chi connectivity index (χ0n) is 15.9. The molecule has 1 aliphatic heterocycles. The summed E-state index contributed by atoms with van der Waals surface area (Å²) in [4.78, 5) is 32.6. The van der Waals surface area contributed by atoms with Crippen LogP contribution in [0.1, 0.15) is 29.9 Å². The molecule has 0 radical (unpaired) electrons. The second-order valence-corrected chi connectivity index (χ2v) is 8.27. The number of aromatic nitrogens is 1. The second-order valence-electron chi connectivity index (χ2n) is 7.46. The number of primary amides is 1. The van der Waals surface area contributed by atoms with Gasteiger partial charge in [0.05, 0.1) is 15.6 Å². The molecule has 0 spiro atoms. The first-order valence-corrected chi connectivity index (χ1v) is 10.2. The number of nitrogens with two attached hydrogens (primary N) is 1. The standard InChI is InChI=1S/C21H16Cl2N4O4/c22-15-7-11(21(19(24)28)26-20(29)31-27-21)8-16(23)18(15)30-12-3-4-17-14(9-12)13(5-6-25-17)10-1-2-10/h3-10,27H,1-2H2,(H2,24,28)(H,26,29). The minimum Gasteiger partial charge on any atom is -0.454 e. The number of rotatable bonds is 5. The molecule has 2 aromatic carbocycles. The Labute approximate surface area is 186 Å². The predicted octanol–water partition coefficient (Wildman–Crippen LogP) is 4.09. The van der Waals surface area contributed by atoms with Gasteiger partial charge in [0.1, 0.15) is 5.75 Å². The largest absolute Gasteiger partial charge is 0.454 e. The van der Waals surface area contributed by atoms with E-state index >= 15 is 0 Å². The molecule has 5 rings (SSSR count). The molecule has 3 aromatic rings. The highest BCUT2D eigenvalue weighted by Gasteiger charge is 2.47. The minimum atomic E-state index is -1.79. The summed E-state index contributed by atoms with van der Waals surface area (Å²) >= 11 is 12.8. The highest BCUT2D eigenvalue weighted by molar-refractivity contribution is 6.37. The Morgan fingerprint density at radius 3 is 2.55 bits per heavy atom. The van der Waals surface area contributed by atoms with Crippen molar-refractivity contribution in [1.29, 1.82) is 0 Å². The van der Waals surface area contributed by atoms with Gasteiger partial charge in [0, 0.05) is 17.1 Å².